The Balaban J connectivity index is 1.76. The second-order valence-corrected chi connectivity index (χ2v) is 8.40. The highest BCUT2D eigenvalue weighted by Crippen LogP contribution is 2.30. The van der Waals surface area contributed by atoms with Crippen LogP contribution in [0.15, 0.2) is 82.2 Å². The second-order valence-electron chi connectivity index (χ2n) is 7.56. The zero-order valence-electron chi connectivity index (χ0n) is 18.1. The molecule has 11 heteroatoms. The molecule has 5 rings (SSSR count). The molecule has 4 aromatic rings. The third-order valence-electron chi connectivity index (χ3n) is 5.39. The van der Waals surface area contributed by atoms with Gasteiger partial charge in [0.1, 0.15) is 11.5 Å². The average Bonchev–Trinajstić information content (AvgIpc) is 3.35. The number of halogens is 2. The summed E-state index contributed by atoms with van der Waals surface area (Å²) in [4.78, 5) is 29.7. The van der Waals surface area contributed by atoms with Crippen molar-refractivity contribution in [3.63, 3.8) is 0 Å². The Kier molecular flexibility index (Phi) is 5.53. The van der Waals surface area contributed by atoms with Crippen LogP contribution in [0.3, 0.4) is 0 Å². The van der Waals surface area contributed by atoms with Crippen LogP contribution in [0.4, 0.5) is 25.8 Å². The van der Waals surface area contributed by atoms with Gasteiger partial charge in [-0.2, -0.15) is 5.10 Å². The molecule has 0 saturated carbocycles. The molecule has 0 N–H and O–H groups in total. The molecule has 0 radical (unpaired) electrons. The molecule has 0 aliphatic carbocycles. The number of thiazole rings is 1. The van der Waals surface area contributed by atoms with Gasteiger partial charge in [-0.1, -0.05) is 30.3 Å². The maximum atomic E-state index is 14.3. The first-order valence-electron chi connectivity index (χ1n) is 10.2. The number of carbonyl (C=O) groups is 1. The topological polar surface area (TPSA) is 93.1 Å². The first-order chi connectivity index (χ1) is 16.8. The lowest BCUT2D eigenvalue weighted by atomic mass is 10.1. The van der Waals surface area contributed by atoms with Gasteiger partial charge in [-0.05, 0) is 18.2 Å². The normalized spacial score (nSPS) is 14.6. The van der Waals surface area contributed by atoms with E-state index in [4.69, 9.17) is 0 Å². The van der Waals surface area contributed by atoms with Gasteiger partial charge in [0.05, 0.1) is 16.3 Å². The highest BCUT2D eigenvalue weighted by molar-refractivity contribution is 7.07. The lowest BCUT2D eigenvalue weighted by Crippen LogP contribution is -2.27. The minimum Gasteiger partial charge on any atom is -0.309 e. The molecule has 0 saturated heterocycles. The number of hydrogen-bond donors (Lipinski definition) is 0. The number of nitro groups is 1. The number of nitro benzene ring substituents is 1. The standard InChI is InChI=1S/C24H15F2N5O3S/c1-29-20-8-3-2-7-17(20)22(23(29)32)28-30-21(14-5-4-6-16(11-14)31(33)34)13-35-24(30)27-19-10-9-15(25)12-18(19)26/h2-13H,1H3. The molecule has 3 aromatic carbocycles. The number of amides is 1. The molecular weight excluding hydrogens is 476 g/mol. The summed E-state index contributed by atoms with van der Waals surface area (Å²) in [6.45, 7) is 0. The Morgan fingerprint density at radius 1 is 1.03 bits per heavy atom. The van der Waals surface area contributed by atoms with E-state index < -0.39 is 16.6 Å². The minimum absolute atomic E-state index is 0.122. The van der Waals surface area contributed by atoms with Gasteiger partial charge in [0, 0.05) is 41.8 Å². The summed E-state index contributed by atoms with van der Waals surface area (Å²) in [6.07, 6.45) is 0. The smallest absolute Gasteiger partial charge is 0.279 e. The Morgan fingerprint density at radius 3 is 2.60 bits per heavy atom. The number of carbonyl (C=O) groups excluding carboxylic acids is 1. The number of hydrogen-bond acceptors (Lipinski definition) is 6. The van der Waals surface area contributed by atoms with Crippen molar-refractivity contribution in [3.8, 4) is 11.3 Å². The Morgan fingerprint density at radius 2 is 1.83 bits per heavy atom. The fraction of sp³-hybridized carbons (Fsp3) is 0.0417. The Labute approximate surface area is 200 Å². The zero-order chi connectivity index (χ0) is 24.7. The van der Waals surface area contributed by atoms with Crippen LogP contribution in [0.5, 0.6) is 0 Å². The van der Waals surface area contributed by atoms with Gasteiger partial charge in [-0.25, -0.2) is 18.4 Å². The predicted molar refractivity (Wildman–Crippen MR) is 128 cm³/mol. The second kappa shape index (κ2) is 8.69. The summed E-state index contributed by atoms with van der Waals surface area (Å²) < 4.78 is 29.1. The molecule has 8 nitrogen and oxygen atoms in total. The van der Waals surface area contributed by atoms with Gasteiger partial charge in [-0.15, -0.1) is 11.3 Å². The highest BCUT2D eigenvalue weighted by Gasteiger charge is 2.31. The minimum atomic E-state index is -0.864. The molecule has 0 spiro atoms. The fourth-order valence-electron chi connectivity index (χ4n) is 3.67. The molecule has 1 aromatic heterocycles. The number of non-ortho nitro benzene ring substituents is 1. The number of fused-ring (bicyclic) bond motifs is 1. The summed E-state index contributed by atoms with van der Waals surface area (Å²) in [5.74, 6) is -1.96. The summed E-state index contributed by atoms with van der Waals surface area (Å²) in [5.41, 5.74) is 2.02. The summed E-state index contributed by atoms with van der Waals surface area (Å²) in [5, 5.41) is 17.5. The van der Waals surface area contributed by atoms with Crippen LogP contribution in [-0.2, 0) is 4.79 Å². The quantitative estimate of drug-likeness (QED) is 0.301. The van der Waals surface area contributed by atoms with Gasteiger partial charge < -0.3 is 4.90 Å². The molecule has 1 amide bonds. The fourth-order valence-corrected chi connectivity index (χ4v) is 4.52. The van der Waals surface area contributed by atoms with Gasteiger partial charge in [0.2, 0.25) is 4.80 Å². The van der Waals surface area contributed by atoms with E-state index in [1.54, 1.807) is 42.8 Å². The van der Waals surface area contributed by atoms with E-state index in [2.05, 4.69) is 10.1 Å². The maximum absolute atomic E-state index is 14.3. The van der Waals surface area contributed by atoms with Crippen molar-refractivity contribution >= 4 is 40.0 Å². The monoisotopic (exact) mass is 491 g/mol. The molecular formula is C24H15F2N5O3S. The van der Waals surface area contributed by atoms with E-state index in [0.29, 0.717) is 22.5 Å². The van der Waals surface area contributed by atoms with E-state index in [9.17, 15) is 23.7 Å². The van der Waals surface area contributed by atoms with Crippen LogP contribution in [0.25, 0.3) is 11.3 Å². The molecule has 174 valence electrons. The van der Waals surface area contributed by atoms with Crippen LogP contribution in [0.1, 0.15) is 5.56 Å². The average molecular weight is 491 g/mol. The van der Waals surface area contributed by atoms with Crippen molar-refractivity contribution in [2.45, 2.75) is 0 Å². The largest absolute Gasteiger partial charge is 0.309 e. The van der Waals surface area contributed by atoms with E-state index in [1.807, 2.05) is 0 Å². The Bertz CT molecular complexity index is 1610. The molecule has 1 aliphatic rings. The van der Waals surface area contributed by atoms with E-state index >= 15 is 0 Å². The third kappa shape index (κ3) is 4.02. The lowest BCUT2D eigenvalue weighted by molar-refractivity contribution is -0.384. The molecule has 0 bridgehead atoms. The molecule has 0 unspecified atom stereocenters. The van der Waals surface area contributed by atoms with Crippen LogP contribution in [0, 0.1) is 21.7 Å². The van der Waals surface area contributed by atoms with Gasteiger partial charge in [-0.3, -0.25) is 14.9 Å². The number of nitrogens with zero attached hydrogens (tertiary/aromatic N) is 5. The van der Waals surface area contributed by atoms with Gasteiger partial charge in [0.15, 0.2) is 11.5 Å². The van der Waals surface area contributed by atoms with E-state index in [1.165, 1.54) is 33.8 Å². The zero-order valence-corrected chi connectivity index (χ0v) is 18.9. The van der Waals surface area contributed by atoms with Crippen molar-refractivity contribution in [1.29, 1.82) is 0 Å². The summed E-state index contributed by atoms with van der Waals surface area (Å²) in [6, 6.07) is 16.0. The maximum Gasteiger partial charge on any atom is 0.279 e. The molecule has 35 heavy (non-hydrogen) atoms. The molecule has 2 heterocycles. The number of para-hydroxylation sites is 1. The highest BCUT2D eigenvalue weighted by atomic mass is 32.1. The van der Waals surface area contributed by atoms with Crippen molar-refractivity contribution in [2.24, 2.45) is 10.1 Å². The van der Waals surface area contributed by atoms with Crippen LogP contribution in [-0.4, -0.2) is 28.3 Å². The number of rotatable bonds is 4. The summed E-state index contributed by atoms with van der Waals surface area (Å²) in [7, 11) is 1.63. The van der Waals surface area contributed by atoms with Crippen molar-refractivity contribution in [1.82, 2.24) is 4.68 Å². The van der Waals surface area contributed by atoms with Gasteiger partial charge in [0.25, 0.3) is 11.6 Å². The molecule has 0 fully saturated rings. The predicted octanol–water partition coefficient (Wildman–Crippen LogP) is 4.86. The number of anilines is 1. The number of aromatic nitrogens is 1. The van der Waals surface area contributed by atoms with E-state index in [0.717, 1.165) is 23.5 Å². The molecule has 1 aliphatic heterocycles. The third-order valence-corrected chi connectivity index (χ3v) is 6.21. The Hall–Kier alpha value is -4.51. The van der Waals surface area contributed by atoms with Crippen molar-refractivity contribution < 1.29 is 18.5 Å². The first-order valence-corrected chi connectivity index (χ1v) is 11.1. The van der Waals surface area contributed by atoms with Crippen molar-refractivity contribution in [2.75, 3.05) is 11.9 Å². The first kappa shape index (κ1) is 22.3. The lowest BCUT2D eigenvalue weighted by Gasteiger charge is -2.08. The number of likely N-dealkylation sites (N-methyl/N-ethyl adjacent to an activating group) is 1. The SMILES string of the molecule is CN1C(=O)C(=Nn2c(-c3cccc([N+](=O)[O-])c3)csc2=Nc2ccc(F)cc2F)c2ccccc21. The molecule has 0 atom stereocenters. The van der Waals surface area contributed by atoms with Gasteiger partial charge >= 0.3 is 0 Å². The van der Waals surface area contributed by atoms with Crippen LogP contribution in [0.2, 0.25) is 0 Å². The van der Waals surface area contributed by atoms with Crippen LogP contribution >= 0.6 is 11.3 Å². The van der Waals surface area contributed by atoms with Crippen molar-refractivity contribution in [3.05, 3.63) is 104 Å². The summed E-state index contributed by atoms with van der Waals surface area (Å²) >= 11 is 1.09. The van der Waals surface area contributed by atoms with Crippen LogP contribution < -0.4 is 9.70 Å². The van der Waals surface area contributed by atoms with E-state index in [-0.39, 0.29) is 27.8 Å². The number of benzene rings is 3.